The van der Waals surface area contributed by atoms with Crippen LogP contribution < -0.4 is 4.74 Å². The van der Waals surface area contributed by atoms with Crippen molar-refractivity contribution in [3.63, 3.8) is 0 Å². The molecular formula is C13H16N2O4. The maximum atomic E-state index is 10.7. The third-order valence-electron chi connectivity index (χ3n) is 2.59. The maximum Gasteiger partial charge on any atom is 0.270 e. The maximum absolute atomic E-state index is 10.7. The van der Waals surface area contributed by atoms with Gasteiger partial charge in [0.2, 0.25) is 0 Å². The van der Waals surface area contributed by atoms with Crippen molar-refractivity contribution in [1.82, 2.24) is 0 Å². The Bertz CT molecular complexity index is 480. The van der Waals surface area contributed by atoms with Gasteiger partial charge in [-0.15, -0.1) is 0 Å². The standard InChI is InChI=1S/C13H16N2O4/c1-10(16)12-9-11(15(17)18)5-6-13(12)19-8-4-2-3-7-14/h5-6,9-10,16H,2-4,8H2,1H3/t10-/m0/s1. The Balaban J connectivity index is 2.72. The number of benzene rings is 1. The number of rotatable bonds is 7. The zero-order chi connectivity index (χ0) is 14.3. The van der Waals surface area contributed by atoms with Crippen LogP contribution in [0.2, 0.25) is 0 Å². The number of aliphatic hydroxyl groups is 1. The minimum Gasteiger partial charge on any atom is -0.493 e. The smallest absolute Gasteiger partial charge is 0.270 e. The van der Waals surface area contributed by atoms with Crippen molar-refractivity contribution in [2.75, 3.05) is 6.61 Å². The summed E-state index contributed by atoms with van der Waals surface area (Å²) < 4.78 is 5.49. The topological polar surface area (TPSA) is 96.4 Å². The van der Waals surface area contributed by atoms with E-state index < -0.39 is 11.0 Å². The summed E-state index contributed by atoms with van der Waals surface area (Å²) >= 11 is 0. The lowest BCUT2D eigenvalue weighted by atomic mass is 10.1. The summed E-state index contributed by atoms with van der Waals surface area (Å²) in [5.74, 6) is 0.442. The van der Waals surface area contributed by atoms with Crippen LogP contribution >= 0.6 is 0 Å². The molecular weight excluding hydrogens is 248 g/mol. The van der Waals surface area contributed by atoms with Crippen LogP contribution in [-0.4, -0.2) is 16.6 Å². The molecule has 0 spiro atoms. The average Bonchev–Trinajstić information content (AvgIpc) is 2.38. The van der Waals surface area contributed by atoms with Crippen LogP contribution in [0, 0.1) is 21.4 Å². The van der Waals surface area contributed by atoms with E-state index >= 15 is 0 Å². The summed E-state index contributed by atoms with van der Waals surface area (Å²) in [6.07, 6.45) is 1.11. The van der Waals surface area contributed by atoms with Gasteiger partial charge in [-0.1, -0.05) is 0 Å². The van der Waals surface area contributed by atoms with Gasteiger partial charge in [0.15, 0.2) is 0 Å². The molecule has 1 atom stereocenters. The first-order valence-corrected chi connectivity index (χ1v) is 6.02. The molecule has 0 fully saturated rings. The average molecular weight is 264 g/mol. The fourth-order valence-electron chi connectivity index (χ4n) is 1.60. The Kier molecular flexibility index (Phi) is 5.76. The number of hydrogen-bond donors (Lipinski definition) is 1. The van der Waals surface area contributed by atoms with E-state index in [1.165, 1.54) is 25.1 Å². The number of nitriles is 1. The highest BCUT2D eigenvalue weighted by atomic mass is 16.6. The summed E-state index contributed by atoms with van der Waals surface area (Å²) in [4.78, 5) is 10.2. The van der Waals surface area contributed by atoms with Crippen molar-refractivity contribution < 1.29 is 14.8 Å². The number of aliphatic hydroxyl groups excluding tert-OH is 1. The molecule has 0 heterocycles. The molecule has 19 heavy (non-hydrogen) atoms. The second-order valence-electron chi connectivity index (χ2n) is 4.12. The van der Waals surface area contributed by atoms with Crippen molar-refractivity contribution in [3.05, 3.63) is 33.9 Å². The zero-order valence-corrected chi connectivity index (χ0v) is 10.7. The van der Waals surface area contributed by atoms with Gasteiger partial charge in [0, 0.05) is 24.1 Å². The molecule has 6 heteroatoms. The Morgan fingerprint density at radius 3 is 2.84 bits per heavy atom. The SMILES string of the molecule is C[C@H](O)c1cc([N+](=O)[O-])ccc1OCCCCC#N. The van der Waals surface area contributed by atoms with Crippen LogP contribution in [0.1, 0.15) is 37.9 Å². The molecule has 0 bridgehead atoms. The van der Waals surface area contributed by atoms with Crippen molar-refractivity contribution in [2.45, 2.75) is 32.3 Å². The van der Waals surface area contributed by atoms with Crippen molar-refractivity contribution in [3.8, 4) is 11.8 Å². The normalized spacial score (nSPS) is 11.6. The Morgan fingerprint density at radius 1 is 1.53 bits per heavy atom. The highest BCUT2D eigenvalue weighted by Crippen LogP contribution is 2.29. The first kappa shape index (κ1) is 14.9. The van der Waals surface area contributed by atoms with Gasteiger partial charge in [-0.25, -0.2) is 0 Å². The van der Waals surface area contributed by atoms with Gasteiger partial charge in [0.25, 0.3) is 5.69 Å². The molecule has 0 aliphatic rings. The monoisotopic (exact) mass is 264 g/mol. The lowest BCUT2D eigenvalue weighted by molar-refractivity contribution is -0.385. The summed E-state index contributed by atoms with van der Waals surface area (Å²) in [6, 6.07) is 6.19. The second kappa shape index (κ2) is 7.34. The second-order valence-corrected chi connectivity index (χ2v) is 4.12. The highest BCUT2D eigenvalue weighted by Gasteiger charge is 2.15. The molecule has 0 aliphatic carbocycles. The van der Waals surface area contributed by atoms with E-state index in [1.54, 1.807) is 0 Å². The molecule has 0 saturated carbocycles. The Hall–Kier alpha value is -2.13. The molecule has 0 unspecified atom stereocenters. The van der Waals surface area contributed by atoms with E-state index in [-0.39, 0.29) is 5.69 Å². The van der Waals surface area contributed by atoms with Crippen LogP contribution in [-0.2, 0) is 0 Å². The van der Waals surface area contributed by atoms with Crippen LogP contribution in [0.3, 0.4) is 0 Å². The first-order valence-electron chi connectivity index (χ1n) is 6.02. The molecule has 0 aromatic heterocycles. The van der Waals surface area contributed by atoms with Crippen LogP contribution in [0.5, 0.6) is 5.75 Å². The van der Waals surface area contributed by atoms with E-state index in [1.807, 2.05) is 6.07 Å². The van der Waals surface area contributed by atoms with Crippen molar-refractivity contribution in [1.29, 1.82) is 5.26 Å². The molecule has 6 nitrogen and oxygen atoms in total. The van der Waals surface area contributed by atoms with E-state index in [4.69, 9.17) is 10.00 Å². The predicted octanol–water partition coefficient (Wildman–Crippen LogP) is 2.72. The predicted molar refractivity (Wildman–Crippen MR) is 68.7 cm³/mol. The molecule has 1 N–H and O–H groups in total. The van der Waals surface area contributed by atoms with Gasteiger partial charge in [0.05, 0.1) is 23.7 Å². The number of hydrogen-bond acceptors (Lipinski definition) is 5. The van der Waals surface area contributed by atoms with Gasteiger partial charge in [-0.05, 0) is 25.8 Å². The largest absolute Gasteiger partial charge is 0.493 e. The molecule has 0 amide bonds. The highest BCUT2D eigenvalue weighted by molar-refractivity contribution is 5.44. The quantitative estimate of drug-likeness (QED) is 0.464. The van der Waals surface area contributed by atoms with E-state index in [9.17, 15) is 15.2 Å². The summed E-state index contributed by atoms with van der Waals surface area (Å²) in [5.41, 5.74) is 0.321. The van der Waals surface area contributed by atoms with E-state index in [0.717, 1.165) is 12.8 Å². The van der Waals surface area contributed by atoms with Gasteiger partial charge in [0.1, 0.15) is 5.75 Å². The molecule has 1 rings (SSSR count). The van der Waals surface area contributed by atoms with Crippen LogP contribution in [0.25, 0.3) is 0 Å². The minimum atomic E-state index is -0.839. The van der Waals surface area contributed by atoms with E-state index in [2.05, 4.69) is 0 Å². The molecule has 1 aromatic rings. The number of ether oxygens (including phenoxy) is 1. The number of non-ortho nitro benzene ring substituents is 1. The summed E-state index contributed by atoms with van der Waals surface area (Å²) in [6.45, 7) is 1.95. The lowest BCUT2D eigenvalue weighted by Gasteiger charge is -2.13. The molecule has 102 valence electrons. The molecule has 0 radical (unpaired) electrons. The summed E-state index contributed by atoms with van der Waals surface area (Å²) in [7, 11) is 0. The van der Waals surface area contributed by atoms with E-state index in [0.29, 0.717) is 24.3 Å². The molecule has 0 aliphatic heterocycles. The van der Waals surface area contributed by atoms with Gasteiger partial charge < -0.3 is 9.84 Å². The zero-order valence-electron chi connectivity index (χ0n) is 10.7. The fourth-order valence-corrected chi connectivity index (χ4v) is 1.60. The lowest BCUT2D eigenvalue weighted by Crippen LogP contribution is -2.03. The number of nitro groups is 1. The number of nitro benzene ring substituents is 1. The minimum absolute atomic E-state index is 0.0762. The number of unbranched alkanes of at least 4 members (excludes halogenated alkanes) is 2. The van der Waals surface area contributed by atoms with Gasteiger partial charge in [-0.2, -0.15) is 5.26 Å². The van der Waals surface area contributed by atoms with Crippen molar-refractivity contribution in [2.24, 2.45) is 0 Å². The third kappa shape index (κ3) is 4.56. The molecule has 0 saturated heterocycles. The van der Waals surface area contributed by atoms with Crippen LogP contribution in [0.15, 0.2) is 18.2 Å². The Labute approximate surface area is 111 Å². The first-order chi connectivity index (χ1) is 9.06. The fraction of sp³-hybridized carbons (Fsp3) is 0.462. The summed E-state index contributed by atoms with van der Waals surface area (Å²) in [5, 5.41) is 28.7. The Morgan fingerprint density at radius 2 is 2.26 bits per heavy atom. The number of nitrogens with zero attached hydrogens (tertiary/aromatic N) is 2. The van der Waals surface area contributed by atoms with Gasteiger partial charge in [-0.3, -0.25) is 10.1 Å². The third-order valence-corrected chi connectivity index (χ3v) is 2.59. The van der Waals surface area contributed by atoms with Gasteiger partial charge >= 0.3 is 0 Å². The van der Waals surface area contributed by atoms with Crippen LogP contribution in [0.4, 0.5) is 5.69 Å². The molecule has 1 aromatic carbocycles. The van der Waals surface area contributed by atoms with Crippen molar-refractivity contribution >= 4 is 5.69 Å².